The third-order valence-electron chi connectivity index (χ3n) is 4.28. The fourth-order valence-electron chi connectivity index (χ4n) is 2.87. The van der Waals surface area contributed by atoms with Crippen LogP contribution in [0.2, 0.25) is 0 Å². The number of carbonyl (C=O) groups excluding carboxylic acids is 1. The van der Waals surface area contributed by atoms with Crippen LogP contribution in [0.3, 0.4) is 0 Å². The Morgan fingerprint density at radius 3 is 2.67 bits per heavy atom. The highest BCUT2D eigenvalue weighted by Gasteiger charge is 2.20. The second kappa shape index (κ2) is 7.76. The fourth-order valence-corrected chi connectivity index (χ4v) is 3.68. The molecular weight excluding hydrogens is 400 g/mol. The Balaban J connectivity index is 1.57. The molecule has 0 saturated carbocycles. The van der Waals surface area contributed by atoms with Crippen LogP contribution in [-0.4, -0.2) is 21.8 Å². The van der Waals surface area contributed by atoms with Crippen LogP contribution < -0.4 is 4.80 Å². The van der Waals surface area contributed by atoms with Crippen molar-refractivity contribution in [2.45, 2.75) is 0 Å². The molecule has 0 N–H and O–H groups in total. The zero-order valence-electron chi connectivity index (χ0n) is 15.5. The molecule has 5 rings (SSSR count). The van der Waals surface area contributed by atoms with Crippen LogP contribution in [0, 0.1) is 0 Å². The summed E-state index contributed by atoms with van der Waals surface area (Å²) in [7, 11) is 0. The maximum Gasteiger partial charge on any atom is 0.258 e. The van der Waals surface area contributed by atoms with Gasteiger partial charge in [-0.3, -0.25) is 4.79 Å². The van der Waals surface area contributed by atoms with Crippen molar-refractivity contribution >= 4 is 34.3 Å². The first kappa shape index (κ1) is 18.0. The normalized spacial score (nSPS) is 12.2. The Bertz CT molecular complexity index is 1380. The number of aromatic nitrogens is 2. The van der Waals surface area contributed by atoms with E-state index in [1.54, 1.807) is 29.1 Å². The van der Waals surface area contributed by atoms with Gasteiger partial charge in [0.2, 0.25) is 4.80 Å². The molecule has 7 nitrogen and oxygen atoms in total. The lowest BCUT2D eigenvalue weighted by atomic mass is 10.2. The number of carbonyl (C=O) groups is 1. The highest BCUT2D eigenvalue weighted by atomic mass is 32.1. The van der Waals surface area contributed by atoms with Crippen molar-refractivity contribution in [3.63, 3.8) is 0 Å². The zero-order valence-corrected chi connectivity index (χ0v) is 16.3. The van der Waals surface area contributed by atoms with Crippen molar-refractivity contribution < 1.29 is 13.6 Å². The van der Waals surface area contributed by atoms with Gasteiger partial charge < -0.3 is 8.83 Å². The molecule has 0 spiro atoms. The summed E-state index contributed by atoms with van der Waals surface area (Å²) in [6.07, 6.45) is 3.05. The smallest absolute Gasteiger partial charge is 0.258 e. The molecule has 3 aromatic heterocycles. The third kappa shape index (κ3) is 3.51. The fraction of sp³-hybridized carbons (Fsp3) is 0. The summed E-state index contributed by atoms with van der Waals surface area (Å²) in [6, 6.07) is 22.2. The van der Waals surface area contributed by atoms with Gasteiger partial charge in [0.25, 0.3) is 5.78 Å². The van der Waals surface area contributed by atoms with E-state index in [4.69, 9.17) is 8.83 Å². The van der Waals surface area contributed by atoms with Gasteiger partial charge in [-0.1, -0.05) is 47.7 Å². The summed E-state index contributed by atoms with van der Waals surface area (Å²) in [5.74, 6) is 0.501. The Labute approximate surface area is 174 Å². The van der Waals surface area contributed by atoms with E-state index in [9.17, 15) is 4.79 Å². The maximum absolute atomic E-state index is 13.0. The molecule has 0 unspecified atom stereocenters. The van der Waals surface area contributed by atoms with Gasteiger partial charge in [0.05, 0.1) is 18.2 Å². The topological polar surface area (TPSA) is 85.9 Å². The molecule has 2 aromatic carbocycles. The zero-order chi connectivity index (χ0) is 20.3. The average Bonchev–Trinajstić information content (AvgIpc) is 3.53. The number of furan rings is 2. The van der Waals surface area contributed by atoms with E-state index in [0.717, 1.165) is 22.4 Å². The van der Waals surface area contributed by atoms with E-state index >= 15 is 0 Å². The van der Waals surface area contributed by atoms with Crippen molar-refractivity contribution in [2.24, 2.45) is 10.2 Å². The molecule has 0 amide bonds. The second-order valence-electron chi connectivity index (χ2n) is 6.27. The van der Waals surface area contributed by atoms with Crippen LogP contribution in [-0.2, 0) is 0 Å². The van der Waals surface area contributed by atoms with Crippen LogP contribution in [0.4, 0.5) is 0 Å². The van der Waals surface area contributed by atoms with E-state index < -0.39 is 0 Å². The number of nitrogens with zero attached hydrogens (tertiary/aromatic N) is 4. The monoisotopic (exact) mass is 414 g/mol. The van der Waals surface area contributed by atoms with Gasteiger partial charge in [-0.2, -0.15) is 10.2 Å². The number of hydrogen-bond acceptors (Lipinski definition) is 7. The Morgan fingerprint density at radius 1 is 1.03 bits per heavy atom. The SMILES string of the molecule is O=C(c1cc2ccccc2o1)c1nn(-c2ccccc2)/c(=N\N=C\c2ccco2)s1. The number of hydrogen-bond donors (Lipinski definition) is 0. The number of para-hydroxylation sites is 2. The Hall–Kier alpha value is -4.04. The number of fused-ring (bicyclic) bond motifs is 1. The number of ketones is 1. The predicted octanol–water partition coefficient (Wildman–Crippen LogP) is 4.44. The lowest BCUT2D eigenvalue weighted by Gasteiger charge is -1.98. The van der Waals surface area contributed by atoms with Crippen molar-refractivity contribution in [3.05, 3.63) is 100 Å². The molecule has 0 atom stereocenters. The third-order valence-corrected chi connectivity index (χ3v) is 5.17. The van der Waals surface area contributed by atoms with Gasteiger partial charge in [0.15, 0.2) is 10.8 Å². The molecule has 5 aromatic rings. The van der Waals surface area contributed by atoms with Crippen LogP contribution in [0.5, 0.6) is 0 Å². The maximum atomic E-state index is 13.0. The first-order chi connectivity index (χ1) is 14.8. The summed E-state index contributed by atoms with van der Waals surface area (Å²) in [5.41, 5.74) is 1.42. The number of rotatable bonds is 5. The van der Waals surface area contributed by atoms with Gasteiger partial charge in [-0.15, -0.1) is 5.10 Å². The van der Waals surface area contributed by atoms with Gasteiger partial charge in [0.1, 0.15) is 11.3 Å². The van der Waals surface area contributed by atoms with E-state index in [2.05, 4.69) is 15.3 Å². The average molecular weight is 414 g/mol. The number of benzene rings is 2. The second-order valence-corrected chi connectivity index (χ2v) is 7.23. The van der Waals surface area contributed by atoms with E-state index in [1.165, 1.54) is 6.21 Å². The standard InChI is InChI=1S/C22H14N4O3S/c27-20(19-13-15-7-4-5-11-18(15)29-19)21-25-26(16-8-2-1-3-9-16)22(30-21)24-23-14-17-10-6-12-28-17/h1-14H/b23-14+,24-22+. The molecule has 0 bridgehead atoms. The van der Waals surface area contributed by atoms with Crippen LogP contribution >= 0.6 is 11.3 Å². The van der Waals surface area contributed by atoms with E-state index in [0.29, 0.717) is 16.1 Å². The molecule has 3 heterocycles. The minimum absolute atomic E-state index is 0.232. The molecule has 0 saturated heterocycles. The molecule has 0 radical (unpaired) electrons. The lowest BCUT2D eigenvalue weighted by molar-refractivity contribution is 0.101. The molecule has 146 valence electrons. The van der Waals surface area contributed by atoms with Crippen molar-refractivity contribution in [2.75, 3.05) is 0 Å². The summed E-state index contributed by atoms with van der Waals surface area (Å²) in [4.78, 5) is 13.5. The highest BCUT2D eigenvalue weighted by Crippen LogP contribution is 2.21. The van der Waals surface area contributed by atoms with Gasteiger partial charge in [-0.05, 0) is 36.4 Å². The van der Waals surface area contributed by atoms with Crippen LogP contribution in [0.25, 0.3) is 16.7 Å². The predicted molar refractivity (Wildman–Crippen MR) is 113 cm³/mol. The van der Waals surface area contributed by atoms with E-state index in [1.807, 2.05) is 54.6 Å². The molecule has 0 aliphatic heterocycles. The molecule has 30 heavy (non-hydrogen) atoms. The highest BCUT2D eigenvalue weighted by molar-refractivity contribution is 7.11. The summed E-state index contributed by atoms with van der Waals surface area (Å²) < 4.78 is 12.5. The Morgan fingerprint density at radius 2 is 1.87 bits per heavy atom. The largest absolute Gasteiger partial charge is 0.463 e. The van der Waals surface area contributed by atoms with Crippen LogP contribution in [0.15, 0.2) is 98.1 Å². The minimum atomic E-state index is -0.308. The summed E-state index contributed by atoms with van der Waals surface area (Å²) in [6.45, 7) is 0. The Kier molecular flexibility index (Phi) is 4.66. The summed E-state index contributed by atoms with van der Waals surface area (Å²) >= 11 is 1.14. The molecule has 0 fully saturated rings. The first-order valence-electron chi connectivity index (χ1n) is 9.07. The quantitative estimate of drug-likeness (QED) is 0.242. The first-order valence-corrected chi connectivity index (χ1v) is 9.89. The molecule has 0 aliphatic carbocycles. The van der Waals surface area contributed by atoms with Gasteiger partial charge >= 0.3 is 0 Å². The van der Waals surface area contributed by atoms with Crippen molar-refractivity contribution in [1.29, 1.82) is 0 Å². The van der Waals surface area contributed by atoms with Crippen LogP contribution in [0.1, 0.15) is 21.3 Å². The van der Waals surface area contributed by atoms with Gasteiger partial charge in [-0.25, -0.2) is 4.68 Å². The minimum Gasteiger partial charge on any atom is -0.463 e. The molecule has 8 heteroatoms. The lowest BCUT2D eigenvalue weighted by Crippen LogP contribution is -2.14. The molecular formula is C22H14N4O3S. The van der Waals surface area contributed by atoms with Crippen molar-refractivity contribution in [3.8, 4) is 5.69 Å². The van der Waals surface area contributed by atoms with Gasteiger partial charge in [0, 0.05) is 5.39 Å². The van der Waals surface area contributed by atoms with E-state index in [-0.39, 0.29) is 16.6 Å². The summed E-state index contributed by atoms with van der Waals surface area (Å²) in [5, 5.41) is 13.9. The molecule has 0 aliphatic rings. The van der Waals surface area contributed by atoms with Crippen molar-refractivity contribution in [1.82, 2.24) is 9.78 Å².